The maximum atomic E-state index is 10.4. The number of aliphatic hydroxyl groups is 1. The van der Waals surface area contributed by atoms with Gasteiger partial charge in [-0.25, -0.2) is 4.57 Å². The number of aliphatic hydroxyl groups excluding tert-OH is 1. The molecule has 15 heavy (non-hydrogen) atoms. The van der Waals surface area contributed by atoms with Crippen LogP contribution in [0.3, 0.4) is 0 Å². The van der Waals surface area contributed by atoms with Crippen LogP contribution < -0.4 is 4.74 Å². The Kier molecular flexibility index (Phi) is 3.84. The maximum absolute atomic E-state index is 10.4. The quantitative estimate of drug-likeness (QED) is 0.526. The summed E-state index contributed by atoms with van der Waals surface area (Å²) < 4.78 is 19.4. The van der Waals surface area contributed by atoms with Crippen molar-refractivity contribution in [3.63, 3.8) is 0 Å². The SMILES string of the molecule is COc1ccc(C(O)OP(=O)(O)O)cc1. The third kappa shape index (κ3) is 3.99. The largest absolute Gasteiger partial charge is 0.497 e. The Morgan fingerprint density at radius 3 is 2.20 bits per heavy atom. The predicted molar refractivity (Wildman–Crippen MR) is 51.1 cm³/mol. The summed E-state index contributed by atoms with van der Waals surface area (Å²) in [4.78, 5) is 16.9. The lowest BCUT2D eigenvalue weighted by Crippen LogP contribution is -2.01. The van der Waals surface area contributed by atoms with Gasteiger partial charge in [-0.15, -0.1) is 0 Å². The molecule has 0 fully saturated rings. The number of rotatable bonds is 4. The van der Waals surface area contributed by atoms with Crippen molar-refractivity contribution in [2.75, 3.05) is 7.11 Å². The van der Waals surface area contributed by atoms with E-state index in [-0.39, 0.29) is 5.56 Å². The zero-order valence-electron chi connectivity index (χ0n) is 7.90. The molecule has 1 aromatic rings. The average Bonchev–Trinajstić information content (AvgIpc) is 2.15. The van der Waals surface area contributed by atoms with Gasteiger partial charge in [-0.3, -0.25) is 4.52 Å². The van der Waals surface area contributed by atoms with Gasteiger partial charge in [0.1, 0.15) is 5.75 Å². The Morgan fingerprint density at radius 2 is 1.80 bits per heavy atom. The van der Waals surface area contributed by atoms with Gasteiger partial charge in [0.15, 0.2) is 6.29 Å². The fraction of sp³-hybridized carbons (Fsp3) is 0.250. The number of ether oxygens (including phenoxy) is 1. The van der Waals surface area contributed by atoms with Gasteiger partial charge in [0.2, 0.25) is 0 Å². The molecule has 84 valence electrons. The molecule has 7 heteroatoms. The highest BCUT2D eigenvalue weighted by molar-refractivity contribution is 7.46. The maximum Gasteiger partial charge on any atom is 0.472 e. The summed E-state index contributed by atoms with van der Waals surface area (Å²) in [6.07, 6.45) is -1.66. The van der Waals surface area contributed by atoms with Crippen molar-refractivity contribution in [3.8, 4) is 5.75 Å². The van der Waals surface area contributed by atoms with Crippen molar-refractivity contribution in [3.05, 3.63) is 29.8 Å². The van der Waals surface area contributed by atoms with Gasteiger partial charge >= 0.3 is 7.82 Å². The third-order valence-corrected chi connectivity index (χ3v) is 2.11. The minimum atomic E-state index is -4.69. The number of phosphoric acid groups is 1. The summed E-state index contributed by atoms with van der Waals surface area (Å²) in [6.45, 7) is 0. The van der Waals surface area contributed by atoms with Crippen LogP contribution in [0.4, 0.5) is 0 Å². The summed E-state index contributed by atoms with van der Waals surface area (Å²) in [5.74, 6) is 0.571. The summed E-state index contributed by atoms with van der Waals surface area (Å²) >= 11 is 0. The molecule has 0 spiro atoms. The molecule has 1 rings (SSSR count). The molecule has 0 bridgehead atoms. The molecule has 0 aliphatic rings. The molecule has 0 amide bonds. The van der Waals surface area contributed by atoms with Crippen LogP contribution in [-0.2, 0) is 9.09 Å². The van der Waals surface area contributed by atoms with Gasteiger partial charge in [0.05, 0.1) is 7.11 Å². The van der Waals surface area contributed by atoms with Crippen molar-refractivity contribution < 1.29 is 28.7 Å². The van der Waals surface area contributed by atoms with Crippen molar-refractivity contribution in [1.82, 2.24) is 0 Å². The van der Waals surface area contributed by atoms with Crippen molar-refractivity contribution in [2.24, 2.45) is 0 Å². The third-order valence-electron chi connectivity index (χ3n) is 1.64. The Morgan fingerprint density at radius 1 is 1.27 bits per heavy atom. The van der Waals surface area contributed by atoms with Crippen LogP contribution in [0.15, 0.2) is 24.3 Å². The van der Waals surface area contributed by atoms with Crippen molar-refractivity contribution in [1.29, 1.82) is 0 Å². The van der Waals surface area contributed by atoms with E-state index in [1.165, 1.54) is 19.2 Å². The van der Waals surface area contributed by atoms with Gasteiger partial charge in [-0.05, 0) is 12.1 Å². The topological polar surface area (TPSA) is 96.2 Å². The minimum absolute atomic E-state index is 0.235. The van der Waals surface area contributed by atoms with Crippen molar-refractivity contribution >= 4 is 7.82 Å². The number of benzene rings is 1. The normalized spacial score (nSPS) is 13.6. The summed E-state index contributed by atoms with van der Waals surface area (Å²) in [6, 6.07) is 5.97. The van der Waals surface area contributed by atoms with E-state index < -0.39 is 14.1 Å². The molecule has 1 unspecified atom stereocenters. The van der Waals surface area contributed by atoms with Crippen molar-refractivity contribution in [2.45, 2.75) is 6.29 Å². The van der Waals surface area contributed by atoms with Crippen LogP contribution in [0.25, 0.3) is 0 Å². The molecule has 1 aromatic carbocycles. The van der Waals surface area contributed by atoms with Gasteiger partial charge < -0.3 is 19.6 Å². The van der Waals surface area contributed by atoms with E-state index in [4.69, 9.17) is 14.5 Å². The highest BCUT2D eigenvalue weighted by atomic mass is 31.2. The number of phosphoric ester groups is 1. The molecule has 3 N–H and O–H groups in total. The first-order chi connectivity index (χ1) is 6.92. The van der Waals surface area contributed by atoms with E-state index in [9.17, 15) is 9.67 Å². The first-order valence-corrected chi connectivity index (χ1v) is 5.51. The number of hydrogen-bond donors (Lipinski definition) is 3. The van der Waals surface area contributed by atoms with Crippen LogP contribution in [0.2, 0.25) is 0 Å². The second kappa shape index (κ2) is 4.74. The van der Waals surface area contributed by atoms with E-state index in [2.05, 4.69) is 4.52 Å². The van der Waals surface area contributed by atoms with Crippen LogP contribution >= 0.6 is 7.82 Å². The smallest absolute Gasteiger partial charge is 0.472 e. The zero-order chi connectivity index (χ0) is 11.5. The van der Waals surface area contributed by atoms with E-state index in [1.54, 1.807) is 12.1 Å². The highest BCUT2D eigenvalue weighted by Gasteiger charge is 2.21. The van der Waals surface area contributed by atoms with E-state index >= 15 is 0 Å². The molecule has 0 radical (unpaired) electrons. The molecule has 0 saturated heterocycles. The first kappa shape index (κ1) is 12.2. The van der Waals surface area contributed by atoms with E-state index in [1.807, 2.05) is 0 Å². The Bertz CT molecular complexity index is 356. The minimum Gasteiger partial charge on any atom is -0.497 e. The molecular weight excluding hydrogens is 223 g/mol. The Labute approximate surface area is 86.3 Å². The molecule has 1 atom stereocenters. The molecule has 0 saturated carbocycles. The second-order valence-corrected chi connectivity index (χ2v) is 3.91. The lowest BCUT2D eigenvalue weighted by Gasteiger charge is -2.12. The Hall–Kier alpha value is -0.910. The van der Waals surface area contributed by atoms with Gasteiger partial charge in [-0.2, -0.15) is 0 Å². The van der Waals surface area contributed by atoms with Crippen LogP contribution in [0, 0.1) is 0 Å². The van der Waals surface area contributed by atoms with Gasteiger partial charge in [0, 0.05) is 5.56 Å². The predicted octanol–water partition coefficient (Wildman–Crippen LogP) is 0.795. The first-order valence-electron chi connectivity index (χ1n) is 3.98. The lowest BCUT2D eigenvalue weighted by atomic mass is 10.2. The fourth-order valence-corrected chi connectivity index (χ4v) is 1.34. The van der Waals surface area contributed by atoms with Crippen LogP contribution in [0.5, 0.6) is 5.75 Å². The average molecular weight is 234 g/mol. The fourth-order valence-electron chi connectivity index (χ4n) is 0.959. The van der Waals surface area contributed by atoms with Crippen LogP contribution in [-0.4, -0.2) is 22.0 Å². The van der Waals surface area contributed by atoms with Crippen LogP contribution in [0.1, 0.15) is 11.9 Å². The summed E-state index contributed by atoms with van der Waals surface area (Å²) in [5, 5.41) is 9.26. The molecule has 0 aromatic heterocycles. The monoisotopic (exact) mass is 234 g/mol. The van der Waals surface area contributed by atoms with E-state index in [0.717, 1.165) is 0 Å². The molecular formula is C8H11O6P. The molecule has 0 heterocycles. The standard InChI is InChI=1S/C8H11O6P/c1-13-7-4-2-6(3-5-7)8(9)14-15(10,11)12/h2-5,8-9H,1H3,(H2,10,11,12). The number of hydrogen-bond acceptors (Lipinski definition) is 4. The molecule has 6 nitrogen and oxygen atoms in total. The molecule has 0 aliphatic heterocycles. The lowest BCUT2D eigenvalue weighted by molar-refractivity contribution is -0.0388. The highest BCUT2D eigenvalue weighted by Crippen LogP contribution is 2.41. The Balaban J connectivity index is 2.74. The second-order valence-electron chi connectivity index (χ2n) is 2.72. The van der Waals surface area contributed by atoms with E-state index in [0.29, 0.717) is 5.75 Å². The zero-order valence-corrected chi connectivity index (χ0v) is 8.79. The summed E-state index contributed by atoms with van der Waals surface area (Å²) in [7, 11) is -3.20. The van der Waals surface area contributed by atoms with Gasteiger partial charge in [0.25, 0.3) is 0 Å². The number of methoxy groups -OCH3 is 1. The molecule has 0 aliphatic carbocycles. The summed E-state index contributed by atoms with van der Waals surface area (Å²) in [5.41, 5.74) is 0.235. The van der Waals surface area contributed by atoms with Gasteiger partial charge in [-0.1, -0.05) is 12.1 Å².